The van der Waals surface area contributed by atoms with E-state index in [1.807, 2.05) is 4.90 Å². The number of methoxy groups -OCH3 is 2. The zero-order valence-corrected chi connectivity index (χ0v) is 18.2. The van der Waals surface area contributed by atoms with Crippen molar-refractivity contribution in [3.63, 3.8) is 0 Å². The minimum atomic E-state index is -0.526. The van der Waals surface area contributed by atoms with Crippen LogP contribution in [-0.4, -0.2) is 56.0 Å². The highest BCUT2D eigenvalue weighted by molar-refractivity contribution is 6.01. The number of ether oxygens (including phenoxy) is 3. The van der Waals surface area contributed by atoms with Crippen molar-refractivity contribution in [2.45, 2.75) is 45.6 Å². The van der Waals surface area contributed by atoms with Gasteiger partial charge in [-0.05, 0) is 36.5 Å². The molecule has 2 fully saturated rings. The fourth-order valence-corrected chi connectivity index (χ4v) is 4.57. The molecule has 1 amide bonds. The first-order chi connectivity index (χ1) is 14.3. The zero-order chi connectivity index (χ0) is 21.8. The van der Waals surface area contributed by atoms with Crippen LogP contribution in [-0.2, 0) is 14.3 Å². The number of Topliss-reactive ketones (excluding diaryl/α,β-unsaturated/α-hetero) is 1. The highest BCUT2D eigenvalue weighted by Crippen LogP contribution is 2.36. The van der Waals surface area contributed by atoms with Crippen molar-refractivity contribution < 1.29 is 28.6 Å². The van der Waals surface area contributed by atoms with E-state index in [2.05, 4.69) is 13.8 Å². The van der Waals surface area contributed by atoms with E-state index in [0.29, 0.717) is 35.4 Å². The molecule has 1 aromatic carbocycles. The van der Waals surface area contributed by atoms with E-state index >= 15 is 0 Å². The van der Waals surface area contributed by atoms with Crippen LogP contribution in [0.1, 0.15) is 49.9 Å². The average Bonchev–Trinajstić information content (AvgIpc) is 3.14. The summed E-state index contributed by atoms with van der Waals surface area (Å²) in [5, 5.41) is 0. The second-order valence-corrected chi connectivity index (χ2v) is 8.38. The highest BCUT2D eigenvalue weighted by atomic mass is 16.5. The molecule has 30 heavy (non-hydrogen) atoms. The molecular weight excluding hydrogens is 386 g/mol. The Hall–Kier alpha value is -2.57. The topological polar surface area (TPSA) is 82.1 Å². The van der Waals surface area contributed by atoms with Crippen LogP contribution < -0.4 is 9.47 Å². The number of nitrogens with zero attached hydrogens (tertiary/aromatic N) is 1. The molecule has 7 nitrogen and oxygen atoms in total. The summed E-state index contributed by atoms with van der Waals surface area (Å²) in [6.07, 6.45) is 3.41. The van der Waals surface area contributed by atoms with E-state index in [-0.39, 0.29) is 24.2 Å². The SMILES string of the molecule is COc1ccc(OC)c(C(=O)COC(=O)[C@@H]2CC(=O)N([C@H]3CCC[C@H](C)[C@H]3C)C2)c1. The number of carbonyl (C=O) groups excluding carboxylic acids is 3. The van der Waals surface area contributed by atoms with Gasteiger partial charge < -0.3 is 19.1 Å². The maximum Gasteiger partial charge on any atom is 0.311 e. The molecule has 7 heteroatoms. The third-order valence-corrected chi connectivity index (χ3v) is 6.61. The maximum atomic E-state index is 12.6. The van der Waals surface area contributed by atoms with Gasteiger partial charge in [0.1, 0.15) is 11.5 Å². The van der Waals surface area contributed by atoms with Crippen LogP contribution in [0.3, 0.4) is 0 Å². The molecule has 0 spiro atoms. The molecule has 3 rings (SSSR count). The lowest BCUT2D eigenvalue weighted by Gasteiger charge is -2.39. The third kappa shape index (κ3) is 4.60. The number of hydrogen-bond donors (Lipinski definition) is 0. The number of benzene rings is 1. The van der Waals surface area contributed by atoms with E-state index in [9.17, 15) is 14.4 Å². The number of esters is 1. The van der Waals surface area contributed by atoms with Crippen LogP contribution in [0.25, 0.3) is 0 Å². The fraction of sp³-hybridized carbons (Fsp3) is 0.609. The van der Waals surface area contributed by atoms with E-state index in [4.69, 9.17) is 14.2 Å². The Morgan fingerprint density at radius 1 is 1.13 bits per heavy atom. The molecule has 0 bridgehead atoms. The van der Waals surface area contributed by atoms with Crippen LogP contribution in [0, 0.1) is 17.8 Å². The zero-order valence-electron chi connectivity index (χ0n) is 18.2. The van der Waals surface area contributed by atoms with Crippen LogP contribution >= 0.6 is 0 Å². The second-order valence-electron chi connectivity index (χ2n) is 8.38. The number of amides is 1. The highest BCUT2D eigenvalue weighted by Gasteiger charge is 2.42. The van der Waals surface area contributed by atoms with Crippen molar-refractivity contribution in [1.29, 1.82) is 0 Å². The first kappa shape index (κ1) is 22.1. The largest absolute Gasteiger partial charge is 0.497 e. The van der Waals surface area contributed by atoms with Crippen molar-refractivity contribution in [3.8, 4) is 11.5 Å². The smallest absolute Gasteiger partial charge is 0.311 e. The molecular formula is C23H31NO6. The lowest BCUT2D eigenvalue weighted by Crippen LogP contribution is -2.45. The van der Waals surface area contributed by atoms with Gasteiger partial charge in [0.15, 0.2) is 6.61 Å². The van der Waals surface area contributed by atoms with Crippen LogP contribution in [0.2, 0.25) is 0 Å². The number of ketones is 1. The minimum Gasteiger partial charge on any atom is -0.497 e. The minimum absolute atomic E-state index is 0.00342. The average molecular weight is 418 g/mol. The van der Waals surface area contributed by atoms with Crippen molar-refractivity contribution in [3.05, 3.63) is 23.8 Å². The monoisotopic (exact) mass is 417 g/mol. The van der Waals surface area contributed by atoms with Gasteiger partial charge in [0.05, 0.1) is 25.7 Å². The van der Waals surface area contributed by atoms with Gasteiger partial charge in [-0.2, -0.15) is 0 Å². The Morgan fingerprint density at radius 2 is 1.90 bits per heavy atom. The Bertz CT molecular complexity index is 807. The Labute approximate surface area is 177 Å². The summed E-state index contributed by atoms with van der Waals surface area (Å²) in [7, 11) is 2.98. The second kappa shape index (κ2) is 9.49. The van der Waals surface area contributed by atoms with E-state index in [1.165, 1.54) is 20.6 Å². The van der Waals surface area contributed by atoms with Gasteiger partial charge in [-0.3, -0.25) is 14.4 Å². The van der Waals surface area contributed by atoms with Crippen molar-refractivity contribution in [2.24, 2.45) is 17.8 Å². The van der Waals surface area contributed by atoms with Gasteiger partial charge in [-0.1, -0.05) is 26.7 Å². The van der Waals surface area contributed by atoms with Gasteiger partial charge in [0, 0.05) is 19.0 Å². The molecule has 0 aromatic heterocycles. The summed E-state index contributed by atoms with van der Waals surface area (Å²) in [6.45, 7) is 4.38. The predicted octanol–water partition coefficient (Wildman–Crippen LogP) is 3.10. The summed E-state index contributed by atoms with van der Waals surface area (Å²) in [5.41, 5.74) is 0.291. The predicted molar refractivity (Wildman–Crippen MR) is 111 cm³/mol. The summed E-state index contributed by atoms with van der Waals surface area (Å²) in [6, 6.07) is 5.06. The van der Waals surface area contributed by atoms with E-state index < -0.39 is 18.5 Å². The molecule has 1 heterocycles. The van der Waals surface area contributed by atoms with Gasteiger partial charge in [-0.25, -0.2) is 0 Å². The molecule has 1 saturated carbocycles. The molecule has 164 valence electrons. The quantitative estimate of drug-likeness (QED) is 0.501. The van der Waals surface area contributed by atoms with Crippen molar-refractivity contribution >= 4 is 17.7 Å². The molecule has 0 unspecified atom stereocenters. The Balaban J connectivity index is 1.59. The van der Waals surface area contributed by atoms with Gasteiger partial charge >= 0.3 is 5.97 Å². The molecule has 1 aliphatic heterocycles. The molecule has 0 N–H and O–H groups in total. The Morgan fingerprint density at radius 3 is 2.60 bits per heavy atom. The van der Waals surface area contributed by atoms with Gasteiger partial charge in [-0.15, -0.1) is 0 Å². The van der Waals surface area contributed by atoms with Crippen LogP contribution in [0.15, 0.2) is 18.2 Å². The molecule has 0 radical (unpaired) electrons. The van der Waals surface area contributed by atoms with E-state index in [1.54, 1.807) is 18.2 Å². The number of likely N-dealkylation sites (tertiary alicyclic amines) is 1. The molecule has 4 atom stereocenters. The summed E-state index contributed by atoms with van der Waals surface area (Å²) >= 11 is 0. The standard InChI is InChI=1S/C23H31NO6/c1-14-6-5-7-19(15(14)2)24-12-16(10-22(24)26)23(27)30-13-20(25)18-11-17(28-3)8-9-21(18)29-4/h8-9,11,14-16,19H,5-7,10,12-13H2,1-4H3/t14-,15+,16+,19-/m0/s1. The third-order valence-electron chi connectivity index (χ3n) is 6.61. The fourth-order valence-electron chi connectivity index (χ4n) is 4.57. The lowest BCUT2D eigenvalue weighted by molar-refractivity contribution is -0.147. The maximum absolute atomic E-state index is 12.6. The molecule has 1 saturated heterocycles. The first-order valence-electron chi connectivity index (χ1n) is 10.6. The Kier molecular flexibility index (Phi) is 7.00. The van der Waals surface area contributed by atoms with Gasteiger partial charge in [0.25, 0.3) is 0 Å². The number of rotatable bonds is 7. The van der Waals surface area contributed by atoms with Gasteiger partial charge in [0.2, 0.25) is 11.7 Å². The van der Waals surface area contributed by atoms with Crippen molar-refractivity contribution in [2.75, 3.05) is 27.4 Å². The van der Waals surface area contributed by atoms with E-state index in [0.717, 1.165) is 12.8 Å². The molecule has 2 aliphatic rings. The van der Waals surface area contributed by atoms with Crippen LogP contribution in [0.4, 0.5) is 0 Å². The lowest BCUT2D eigenvalue weighted by atomic mass is 9.77. The van der Waals surface area contributed by atoms with Crippen LogP contribution in [0.5, 0.6) is 11.5 Å². The summed E-state index contributed by atoms with van der Waals surface area (Å²) < 4.78 is 15.7. The summed E-state index contributed by atoms with van der Waals surface area (Å²) in [5.74, 6) is 0.480. The molecule has 1 aromatic rings. The number of carbonyl (C=O) groups is 3. The summed E-state index contributed by atoms with van der Waals surface area (Å²) in [4.78, 5) is 39.6. The van der Waals surface area contributed by atoms with Crippen molar-refractivity contribution in [1.82, 2.24) is 4.90 Å². The normalized spacial score (nSPS) is 26.4. The number of hydrogen-bond acceptors (Lipinski definition) is 6. The molecule has 1 aliphatic carbocycles. The first-order valence-corrected chi connectivity index (χ1v) is 10.6.